The number of carbonyl (C=O) groups excluding carboxylic acids is 2. The lowest BCUT2D eigenvalue weighted by molar-refractivity contribution is -0.138. The highest BCUT2D eigenvalue weighted by molar-refractivity contribution is 7.16. The number of hydrogen-bond acceptors (Lipinski definition) is 4. The van der Waals surface area contributed by atoms with Crippen LogP contribution in [0.25, 0.3) is 0 Å². The van der Waals surface area contributed by atoms with Gasteiger partial charge in [-0.25, -0.2) is 0 Å². The van der Waals surface area contributed by atoms with Crippen LogP contribution in [-0.4, -0.2) is 22.8 Å². The molecule has 0 saturated heterocycles. The van der Waals surface area contributed by atoms with Crippen molar-refractivity contribution < 1.29 is 19.5 Å². The standard InChI is InChI=1S/C12H15NO4S/c1-6-8(3)18-12(11(6)7(2)14)13-9(15)4-5-10(16)17/h4-5H2,1-3H3,(H,13,15)(H,16,17). The fraction of sp³-hybridized carbons (Fsp3) is 0.417. The second-order valence-corrected chi connectivity index (χ2v) is 5.21. The minimum Gasteiger partial charge on any atom is -0.481 e. The normalized spacial score (nSPS) is 10.2. The molecule has 0 atom stereocenters. The van der Waals surface area contributed by atoms with Crippen LogP contribution in [0.2, 0.25) is 0 Å². The molecule has 98 valence electrons. The first-order valence-corrected chi connectivity index (χ1v) is 6.27. The van der Waals surface area contributed by atoms with Crippen LogP contribution in [0.4, 0.5) is 5.00 Å². The molecule has 0 unspecified atom stereocenters. The Morgan fingerprint density at radius 1 is 1.22 bits per heavy atom. The first-order valence-electron chi connectivity index (χ1n) is 5.45. The number of rotatable bonds is 5. The van der Waals surface area contributed by atoms with Crippen molar-refractivity contribution in [3.05, 3.63) is 16.0 Å². The van der Waals surface area contributed by atoms with E-state index in [1.54, 1.807) is 0 Å². The fourth-order valence-corrected chi connectivity index (χ4v) is 2.67. The van der Waals surface area contributed by atoms with Gasteiger partial charge in [0.25, 0.3) is 0 Å². The summed E-state index contributed by atoms with van der Waals surface area (Å²) in [5.41, 5.74) is 1.38. The minimum absolute atomic E-state index is 0.0946. The summed E-state index contributed by atoms with van der Waals surface area (Å²) in [6.07, 6.45) is -0.312. The molecule has 0 aromatic carbocycles. The van der Waals surface area contributed by atoms with Gasteiger partial charge in [-0.3, -0.25) is 14.4 Å². The smallest absolute Gasteiger partial charge is 0.303 e. The molecule has 5 nitrogen and oxygen atoms in total. The molecule has 1 aromatic heterocycles. The molecule has 0 spiro atoms. The van der Waals surface area contributed by atoms with E-state index >= 15 is 0 Å². The number of hydrogen-bond donors (Lipinski definition) is 2. The van der Waals surface area contributed by atoms with Gasteiger partial charge in [-0.2, -0.15) is 0 Å². The quantitative estimate of drug-likeness (QED) is 0.804. The van der Waals surface area contributed by atoms with E-state index in [-0.39, 0.29) is 24.5 Å². The number of aryl methyl sites for hydroxylation is 1. The predicted molar refractivity (Wildman–Crippen MR) is 69.3 cm³/mol. The highest BCUT2D eigenvalue weighted by atomic mass is 32.1. The highest BCUT2D eigenvalue weighted by Gasteiger charge is 2.18. The van der Waals surface area contributed by atoms with Crippen molar-refractivity contribution >= 4 is 34.0 Å². The molecular weight excluding hydrogens is 254 g/mol. The predicted octanol–water partition coefficient (Wildman–Crippen LogP) is 2.37. The van der Waals surface area contributed by atoms with Gasteiger partial charge in [0.15, 0.2) is 5.78 Å². The summed E-state index contributed by atoms with van der Waals surface area (Å²) in [4.78, 5) is 34.4. The summed E-state index contributed by atoms with van der Waals surface area (Å²) in [5, 5.41) is 11.6. The van der Waals surface area contributed by atoms with Crippen molar-refractivity contribution in [2.24, 2.45) is 0 Å². The van der Waals surface area contributed by atoms with Gasteiger partial charge in [0.05, 0.1) is 12.0 Å². The van der Waals surface area contributed by atoms with E-state index in [1.807, 2.05) is 13.8 Å². The third kappa shape index (κ3) is 3.40. The Bertz CT molecular complexity index is 504. The van der Waals surface area contributed by atoms with Gasteiger partial charge in [-0.1, -0.05) is 0 Å². The first kappa shape index (κ1) is 14.4. The summed E-state index contributed by atoms with van der Waals surface area (Å²) < 4.78 is 0. The number of anilines is 1. The topological polar surface area (TPSA) is 83.5 Å². The monoisotopic (exact) mass is 269 g/mol. The molecule has 2 N–H and O–H groups in total. The molecule has 0 radical (unpaired) electrons. The Morgan fingerprint density at radius 2 is 1.83 bits per heavy atom. The second-order valence-electron chi connectivity index (χ2n) is 3.99. The van der Waals surface area contributed by atoms with E-state index in [0.29, 0.717) is 10.6 Å². The number of nitrogens with one attached hydrogen (secondary N) is 1. The van der Waals surface area contributed by atoms with E-state index in [4.69, 9.17) is 5.11 Å². The summed E-state index contributed by atoms with van der Waals surface area (Å²) in [7, 11) is 0. The number of aliphatic carboxylic acids is 1. The van der Waals surface area contributed by atoms with Crippen LogP contribution < -0.4 is 5.32 Å². The maximum Gasteiger partial charge on any atom is 0.303 e. The van der Waals surface area contributed by atoms with E-state index in [2.05, 4.69) is 5.32 Å². The zero-order chi connectivity index (χ0) is 13.9. The van der Waals surface area contributed by atoms with E-state index in [0.717, 1.165) is 10.4 Å². The molecule has 0 aliphatic rings. The van der Waals surface area contributed by atoms with Gasteiger partial charge in [0.1, 0.15) is 5.00 Å². The fourth-order valence-electron chi connectivity index (χ4n) is 1.55. The molecule has 18 heavy (non-hydrogen) atoms. The van der Waals surface area contributed by atoms with Gasteiger partial charge in [0, 0.05) is 11.3 Å². The number of amides is 1. The molecule has 0 bridgehead atoms. The van der Waals surface area contributed by atoms with Crippen molar-refractivity contribution in [3.63, 3.8) is 0 Å². The molecule has 0 saturated carbocycles. The second kappa shape index (κ2) is 5.77. The highest BCUT2D eigenvalue weighted by Crippen LogP contribution is 2.32. The summed E-state index contributed by atoms with van der Waals surface area (Å²) >= 11 is 1.33. The van der Waals surface area contributed by atoms with E-state index in [9.17, 15) is 14.4 Å². The number of carbonyl (C=O) groups is 3. The lowest BCUT2D eigenvalue weighted by atomic mass is 10.1. The molecule has 1 heterocycles. The van der Waals surface area contributed by atoms with Crippen molar-refractivity contribution in [2.75, 3.05) is 5.32 Å². The minimum atomic E-state index is -1.02. The van der Waals surface area contributed by atoms with Gasteiger partial charge in [0.2, 0.25) is 5.91 Å². The molecule has 1 aromatic rings. The Kier molecular flexibility index (Phi) is 4.61. The van der Waals surface area contributed by atoms with Crippen molar-refractivity contribution in [3.8, 4) is 0 Å². The molecule has 0 aliphatic carbocycles. The lowest BCUT2D eigenvalue weighted by Gasteiger charge is -2.04. The molecule has 1 amide bonds. The van der Waals surface area contributed by atoms with Crippen LogP contribution in [0.3, 0.4) is 0 Å². The van der Waals surface area contributed by atoms with Crippen LogP contribution in [0.1, 0.15) is 40.6 Å². The van der Waals surface area contributed by atoms with Crippen LogP contribution in [0, 0.1) is 13.8 Å². The summed E-state index contributed by atoms with van der Waals surface area (Å²) in [6, 6.07) is 0. The number of ketones is 1. The van der Waals surface area contributed by atoms with Crippen LogP contribution in [0.15, 0.2) is 0 Å². The van der Waals surface area contributed by atoms with Crippen LogP contribution in [-0.2, 0) is 9.59 Å². The lowest BCUT2D eigenvalue weighted by Crippen LogP contribution is -2.14. The van der Waals surface area contributed by atoms with Gasteiger partial charge < -0.3 is 10.4 Å². The number of thiophene rings is 1. The Labute approximate surface area is 109 Å². The largest absolute Gasteiger partial charge is 0.481 e. The number of carboxylic acid groups (broad SMARTS) is 1. The molecule has 1 rings (SSSR count). The van der Waals surface area contributed by atoms with Crippen LogP contribution >= 0.6 is 11.3 Å². The first-order chi connectivity index (χ1) is 8.32. The average Bonchev–Trinajstić information content (AvgIpc) is 2.51. The maximum atomic E-state index is 11.5. The zero-order valence-corrected chi connectivity index (χ0v) is 11.3. The third-order valence-corrected chi connectivity index (χ3v) is 3.68. The van der Waals surface area contributed by atoms with Gasteiger partial charge >= 0.3 is 5.97 Å². The SMILES string of the molecule is CC(=O)c1c(NC(=O)CCC(=O)O)sc(C)c1C. The Hall–Kier alpha value is -1.69. The van der Waals surface area contributed by atoms with Gasteiger partial charge in [-0.05, 0) is 26.3 Å². The Morgan fingerprint density at radius 3 is 2.33 bits per heavy atom. The molecule has 0 fully saturated rings. The van der Waals surface area contributed by atoms with Gasteiger partial charge in [-0.15, -0.1) is 11.3 Å². The summed E-state index contributed by atoms with van der Waals surface area (Å²) in [5.74, 6) is -1.51. The average molecular weight is 269 g/mol. The molecule has 0 aliphatic heterocycles. The third-order valence-electron chi connectivity index (χ3n) is 2.56. The number of carboxylic acids is 1. The Balaban J connectivity index is 2.84. The van der Waals surface area contributed by atoms with Crippen molar-refractivity contribution in [2.45, 2.75) is 33.6 Å². The van der Waals surface area contributed by atoms with Crippen LogP contribution in [0.5, 0.6) is 0 Å². The molecule has 6 heteroatoms. The number of Topliss-reactive ketones (excluding diaryl/α,β-unsaturated/α-hetero) is 1. The van der Waals surface area contributed by atoms with Crippen molar-refractivity contribution in [1.29, 1.82) is 0 Å². The van der Waals surface area contributed by atoms with Crippen molar-refractivity contribution in [1.82, 2.24) is 0 Å². The summed E-state index contributed by atoms with van der Waals surface area (Å²) in [6.45, 7) is 5.15. The zero-order valence-electron chi connectivity index (χ0n) is 10.5. The van der Waals surface area contributed by atoms with E-state index in [1.165, 1.54) is 18.3 Å². The maximum absolute atomic E-state index is 11.5. The molecular formula is C12H15NO4S. The van der Waals surface area contributed by atoms with E-state index < -0.39 is 5.97 Å².